The van der Waals surface area contributed by atoms with E-state index >= 15 is 0 Å². The number of nitrogen functional groups attached to an aromatic ring is 1. The first-order chi connectivity index (χ1) is 10.0. The highest BCUT2D eigenvalue weighted by Gasteiger charge is 2.20. The number of carbonyl (C=O) groups excluding carboxylic acids is 1. The zero-order valence-corrected chi connectivity index (χ0v) is 12.7. The molecule has 21 heavy (non-hydrogen) atoms. The third-order valence-corrected chi connectivity index (χ3v) is 4.40. The normalized spacial score (nSPS) is 23.5. The minimum Gasteiger partial charge on any atom is -0.399 e. The lowest BCUT2D eigenvalue weighted by Crippen LogP contribution is -2.32. The van der Waals surface area contributed by atoms with Crippen molar-refractivity contribution in [2.24, 2.45) is 5.92 Å². The summed E-state index contributed by atoms with van der Waals surface area (Å²) in [6, 6.07) is 7.71. The van der Waals surface area contributed by atoms with Gasteiger partial charge in [-0.25, -0.2) is 0 Å². The minimum absolute atomic E-state index is 0.102. The Labute approximate surface area is 126 Å². The summed E-state index contributed by atoms with van der Waals surface area (Å²) in [5, 5.41) is 12.5. The van der Waals surface area contributed by atoms with E-state index < -0.39 is 0 Å². The summed E-state index contributed by atoms with van der Waals surface area (Å²) < 4.78 is 0. The highest BCUT2D eigenvalue weighted by Crippen LogP contribution is 2.24. The van der Waals surface area contributed by atoms with Crippen LogP contribution in [0.25, 0.3) is 0 Å². The molecule has 4 nitrogen and oxygen atoms in total. The van der Waals surface area contributed by atoms with Gasteiger partial charge >= 0.3 is 0 Å². The first-order valence-corrected chi connectivity index (χ1v) is 7.84. The van der Waals surface area contributed by atoms with Gasteiger partial charge in [0.2, 0.25) is 5.91 Å². The number of nitrogens with two attached hydrogens (primary N) is 1. The zero-order valence-electron chi connectivity index (χ0n) is 12.7. The maximum Gasteiger partial charge on any atom is 0.220 e. The number of hydrogen-bond donors (Lipinski definition) is 3. The molecular formula is C17H26N2O2. The monoisotopic (exact) mass is 290 g/mol. The van der Waals surface area contributed by atoms with Crippen molar-refractivity contribution < 1.29 is 9.90 Å². The molecule has 1 aromatic rings. The molecule has 1 saturated carbocycles. The van der Waals surface area contributed by atoms with E-state index in [1.807, 2.05) is 24.3 Å². The van der Waals surface area contributed by atoms with Gasteiger partial charge < -0.3 is 16.2 Å². The average molecular weight is 290 g/mol. The summed E-state index contributed by atoms with van der Waals surface area (Å²) in [6.45, 7) is 2.79. The van der Waals surface area contributed by atoms with Crippen LogP contribution in [0.1, 0.15) is 50.5 Å². The summed E-state index contributed by atoms with van der Waals surface area (Å²) in [5.74, 6) is 0.813. The van der Waals surface area contributed by atoms with Crippen LogP contribution in [0.5, 0.6) is 0 Å². The summed E-state index contributed by atoms with van der Waals surface area (Å²) in [4.78, 5) is 12.0. The molecule has 4 heteroatoms. The highest BCUT2D eigenvalue weighted by atomic mass is 16.3. The van der Waals surface area contributed by atoms with E-state index in [2.05, 4.69) is 12.2 Å². The van der Waals surface area contributed by atoms with Gasteiger partial charge in [-0.05, 0) is 55.2 Å². The summed E-state index contributed by atoms with van der Waals surface area (Å²) in [5.41, 5.74) is 7.56. The van der Waals surface area contributed by atoms with Crippen LogP contribution in [0.15, 0.2) is 24.3 Å². The fourth-order valence-corrected chi connectivity index (χ4v) is 2.90. The Bertz CT molecular complexity index is 450. The molecule has 2 rings (SSSR count). The second-order valence-electron chi connectivity index (χ2n) is 6.25. The molecule has 0 radical (unpaired) electrons. The van der Waals surface area contributed by atoms with Crippen LogP contribution in [0.3, 0.4) is 0 Å². The number of amides is 1. The maximum atomic E-state index is 12.0. The fraction of sp³-hybridized carbons (Fsp3) is 0.588. The second-order valence-corrected chi connectivity index (χ2v) is 6.25. The summed E-state index contributed by atoms with van der Waals surface area (Å²) >= 11 is 0. The number of aliphatic hydroxyl groups excluding tert-OH is 1. The second kappa shape index (κ2) is 7.46. The smallest absolute Gasteiger partial charge is 0.220 e. The molecule has 0 bridgehead atoms. The minimum atomic E-state index is -0.137. The lowest BCUT2D eigenvalue weighted by atomic mass is 9.87. The van der Waals surface area contributed by atoms with E-state index in [0.717, 1.165) is 43.5 Å². The van der Waals surface area contributed by atoms with Gasteiger partial charge in [-0.1, -0.05) is 19.1 Å². The van der Waals surface area contributed by atoms with E-state index in [0.29, 0.717) is 12.3 Å². The first kappa shape index (κ1) is 15.8. The van der Waals surface area contributed by atoms with Crippen molar-refractivity contribution in [1.82, 2.24) is 5.32 Å². The van der Waals surface area contributed by atoms with Gasteiger partial charge in [0.1, 0.15) is 0 Å². The number of anilines is 1. The molecule has 0 aromatic heterocycles. The maximum absolute atomic E-state index is 12.0. The molecule has 0 spiro atoms. The Kier molecular flexibility index (Phi) is 5.62. The third kappa shape index (κ3) is 5.05. The molecular weight excluding hydrogens is 264 g/mol. The Morgan fingerprint density at radius 1 is 1.29 bits per heavy atom. The molecule has 0 aliphatic heterocycles. The van der Waals surface area contributed by atoms with E-state index in [1.165, 1.54) is 0 Å². The van der Waals surface area contributed by atoms with Gasteiger partial charge in [-0.2, -0.15) is 0 Å². The standard InChI is InChI=1S/C17H26N2O2/c1-12(14-4-6-15(18)7-5-14)10-17(21)19-11-13-2-8-16(20)9-3-13/h4-7,12-13,16,20H,2-3,8-11,18H2,1H3,(H,19,21). The quantitative estimate of drug-likeness (QED) is 0.729. The summed E-state index contributed by atoms with van der Waals surface area (Å²) in [6.07, 6.45) is 4.11. The van der Waals surface area contributed by atoms with Gasteiger partial charge in [0.25, 0.3) is 0 Å². The Hall–Kier alpha value is -1.55. The lowest BCUT2D eigenvalue weighted by molar-refractivity contribution is -0.121. The van der Waals surface area contributed by atoms with Gasteiger partial charge in [-0.15, -0.1) is 0 Å². The fourth-order valence-electron chi connectivity index (χ4n) is 2.90. The molecule has 1 aromatic carbocycles. The molecule has 1 amide bonds. The number of nitrogens with one attached hydrogen (secondary N) is 1. The van der Waals surface area contributed by atoms with Crippen LogP contribution in [0.2, 0.25) is 0 Å². The number of benzene rings is 1. The van der Waals surface area contributed by atoms with Gasteiger partial charge in [0.05, 0.1) is 6.10 Å². The van der Waals surface area contributed by atoms with Gasteiger partial charge in [0, 0.05) is 18.7 Å². The molecule has 0 heterocycles. The molecule has 1 atom stereocenters. The van der Waals surface area contributed by atoms with E-state index in [1.54, 1.807) is 0 Å². The van der Waals surface area contributed by atoms with Crippen molar-refractivity contribution in [3.8, 4) is 0 Å². The zero-order chi connectivity index (χ0) is 15.2. The first-order valence-electron chi connectivity index (χ1n) is 7.84. The van der Waals surface area contributed by atoms with Crippen LogP contribution >= 0.6 is 0 Å². The van der Waals surface area contributed by atoms with Crippen LogP contribution < -0.4 is 11.1 Å². The number of carbonyl (C=O) groups is 1. The van der Waals surface area contributed by atoms with Crippen LogP contribution in [0.4, 0.5) is 5.69 Å². The van der Waals surface area contributed by atoms with E-state index in [9.17, 15) is 9.90 Å². The van der Waals surface area contributed by atoms with E-state index in [4.69, 9.17) is 5.73 Å². The molecule has 1 aliphatic carbocycles. The van der Waals surface area contributed by atoms with Crippen LogP contribution in [0, 0.1) is 5.92 Å². The van der Waals surface area contributed by atoms with Crippen molar-refractivity contribution in [1.29, 1.82) is 0 Å². The van der Waals surface area contributed by atoms with Crippen molar-refractivity contribution in [2.45, 2.75) is 51.0 Å². The largest absolute Gasteiger partial charge is 0.399 e. The van der Waals surface area contributed by atoms with Gasteiger partial charge in [0.15, 0.2) is 0 Å². The molecule has 1 unspecified atom stereocenters. The number of hydrogen-bond acceptors (Lipinski definition) is 3. The molecule has 1 aliphatic rings. The Morgan fingerprint density at radius 3 is 2.52 bits per heavy atom. The Balaban J connectivity index is 1.72. The molecule has 0 saturated heterocycles. The highest BCUT2D eigenvalue weighted by molar-refractivity contribution is 5.76. The van der Waals surface area contributed by atoms with Crippen LogP contribution in [-0.2, 0) is 4.79 Å². The SMILES string of the molecule is CC(CC(=O)NCC1CCC(O)CC1)c1ccc(N)cc1. The third-order valence-electron chi connectivity index (χ3n) is 4.40. The summed E-state index contributed by atoms with van der Waals surface area (Å²) in [7, 11) is 0. The molecule has 4 N–H and O–H groups in total. The molecule has 116 valence electrons. The van der Waals surface area contributed by atoms with Crippen molar-refractivity contribution >= 4 is 11.6 Å². The van der Waals surface area contributed by atoms with E-state index in [-0.39, 0.29) is 17.9 Å². The van der Waals surface area contributed by atoms with Crippen LogP contribution in [-0.4, -0.2) is 23.7 Å². The topological polar surface area (TPSA) is 75.3 Å². The predicted octanol–water partition coefficient (Wildman–Crippen LogP) is 2.43. The lowest BCUT2D eigenvalue weighted by Gasteiger charge is -2.25. The Morgan fingerprint density at radius 2 is 1.90 bits per heavy atom. The van der Waals surface area contributed by atoms with Gasteiger partial charge in [-0.3, -0.25) is 4.79 Å². The molecule has 1 fully saturated rings. The van der Waals surface area contributed by atoms with Crippen molar-refractivity contribution in [2.75, 3.05) is 12.3 Å². The number of rotatable bonds is 5. The average Bonchev–Trinajstić information content (AvgIpc) is 2.47. The van der Waals surface area contributed by atoms with Crippen molar-refractivity contribution in [3.05, 3.63) is 29.8 Å². The van der Waals surface area contributed by atoms with Crippen molar-refractivity contribution in [3.63, 3.8) is 0 Å². The number of aliphatic hydroxyl groups is 1. The predicted molar refractivity (Wildman–Crippen MR) is 84.9 cm³/mol.